The first-order chi connectivity index (χ1) is 17.7. The molecule has 1 heterocycles. The van der Waals surface area contributed by atoms with Crippen LogP contribution in [0.15, 0.2) is 0 Å². The molecule has 1 aliphatic heterocycles. The topological polar surface area (TPSA) is 166 Å². The molecule has 1 spiro atoms. The molecule has 0 unspecified atom stereocenters. The molecule has 5 aliphatic rings. The van der Waals surface area contributed by atoms with E-state index >= 15 is 0 Å². The molecule has 0 aromatic rings. The molecule has 5 fully saturated rings. The number of aliphatic hydroxyl groups is 6. The summed E-state index contributed by atoms with van der Waals surface area (Å²) in [6.45, 7) is 7.11. The van der Waals surface area contributed by atoms with Gasteiger partial charge in [-0.15, -0.1) is 0 Å². The van der Waals surface area contributed by atoms with E-state index in [0.29, 0.717) is 12.3 Å². The van der Waals surface area contributed by atoms with Gasteiger partial charge in [0.15, 0.2) is 6.29 Å². The second kappa shape index (κ2) is 9.62. The van der Waals surface area contributed by atoms with Crippen molar-refractivity contribution in [2.45, 2.75) is 121 Å². The van der Waals surface area contributed by atoms with E-state index in [1.165, 1.54) is 6.92 Å². The number of aliphatic hydroxyl groups excluding tert-OH is 5. The van der Waals surface area contributed by atoms with Crippen LogP contribution in [0.25, 0.3) is 0 Å². The second-order valence-corrected chi connectivity index (χ2v) is 13.7. The molecule has 10 heteroatoms. The van der Waals surface area contributed by atoms with Crippen molar-refractivity contribution in [1.29, 1.82) is 0 Å². The van der Waals surface area contributed by atoms with Gasteiger partial charge in [-0.25, -0.2) is 0 Å². The first-order valence-electron chi connectivity index (χ1n) is 14.2. The summed E-state index contributed by atoms with van der Waals surface area (Å²) in [5.41, 5.74) is -2.28. The average molecular weight is 543 g/mol. The largest absolute Gasteiger partial charge is 0.459 e. The molecule has 4 saturated carbocycles. The van der Waals surface area contributed by atoms with Gasteiger partial charge in [-0.3, -0.25) is 4.79 Å². The van der Waals surface area contributed by atoms with Gasteiger partial charge in [0.1, 0.15) is 36.1 Å². The van der Waals surface area contributed by atoms with Crippen molar-refractivity contribution >= 4 is 5.97 Å². The third-order valence-electron chi connectivity index (χ3n) is 11.6. The highest BCUT2D eigenvalue weighted by Crippen LogP contribution is 2.73. The predicted molar refractivity (Wildman–Crippen MR) is 133 cm³/mol. The number of carbonyl (C=O) groups excluding carboxylic acids is 1. The molecule has 0 aromatic carbocycles. The summed E-state index contributed by atoms with van der Waals surface area (Å²) in [6.07, 6.45) is -2.82. The van der Waals surface area contributed by atoms with Crippen LogP contribution in [-0.2, 0) is 19.0 Å². The van der Waals surface area contributed by atoms with E-state index in [1.54, 1.807) is 0 Å². The van der Waals surface area contributed by atoms with E-state index in [9.17, 15) is 35.4 Å². The Morgan fingerprint density at radius 2 is 1.66 bits per heavy atom. The molecule has 13 atom stereocenters. The molecule has 218 valence electrons. The number of hydrogen-bond donors (Lipinski definition) is 6. The normalized spacial score (nSPS) is 53.6. The lowest BCUT2D eigenvalue weighted by Crippen LogP contribution is -2.63. The number of ether oxygens (including phenoxy) is 3. The molecule has 2 bridgehead atoms. The van der Waals surface area contributed by atoms with Crippen LogP contribution < -0.4 is 0 Å². The van der Waals surface area contributed by atoms with E-state index in [2.05, 4.69) is 20.8 Å². The van der Waals surface area contributed by atoms with Gasteiger partial charge in [0.05, 0.1) is 19.3 Å². The molecular formula is C28H46O10. The summed E-state index contributed by atoms with van der Waals surface area (Å²) < 4.78 is 17.4. The number of hydrogen-bond acceptors (Lipinski definition) is 10. The average Bonchev–Trinajstić information content (AvgIpc) is 3.02. The molecule has 38 heavy (non-hydrogen) atoms. The van der Waals surface area contributed by atoms with E-state index < -0.39 is 60.4 Å². The van der Waals surface area contributed by atoms with Gasteiger partial charge in [-0.1, -0.05) is 20.8 Å². The molecular weight excluding hydrogens is 496 g/mol. The maximum atomic E-state index is 12.4. The summed E-state index contributed by atoms with van der Waals surface area (Å²) in [4.78, 5) is 12.4. The van der Waals surface area contributed by atoms with E-state index in [-0.39, 0.29) is 35.4 Å². The van der Waals surface area contributed by atoms with Crippen molar-refractivity contribution in [3.8, 4) is 0 Å². The number of esters is 1. The fourth-order valence-corrected chi connectivity index (χ4v) is 9.79. The van der Waals surface area contributed by atoms with Crippen LogP contribution in [-0.4, -0.2) is 98.3 Å². The maximum Gasteiger partial charge on any atom is 0.303 e. The van der Waals surface area contributed by atoms with Crippen molar-refractivity contribution < 1.29 is 49.6 Å². The molecule has 6 N–H and O–H groups in total. The zero-order chi connectivity index (χ0) is 27.8. The Kier molecular flexibility index (Phi) is 7.26. The minimum absolute atomic E-state index is 0.0757. The van der Waals surface area contributed by atoms with Gasteiger partial charge in [0.25, 0.3) is 0 Å². The smallest absolute Gasteiger partial charge is 0.303 e. The Morgan fingerprint density at radius 3 is 2.32 bits per heavy atom. The van der Waals surface area contributed by atoms with Gasteiger partial charge in [0, 0.05) is 12.3 Å². The van der Waals surface area contributed by atoms with Gasteiger partial charge >= 0.3 is 5.97 Å². The lowest BCUT2D eigenvalue weighted by Gasteiger charge is -2.65. The molecule has 0 aromatic heterocycles. The van der Waals surface area contributed by atoms with Crippen LogP contribution in [0.4, 0.5) is 0 Å². The molecule has 10 nitrogen and oxygen atoms in total. The van der Waals surface area contributed by atoms with E-state index in [0.717, 1.165) is 38.5 Å². The highest BCUT2D eigenvalue weighted by Gasteiger charge is 2.73. The molecule has 5 rings (SSSR count). The van der Waals surface area contributed by atoms with Crippen molar-refractivity contribution in [3.63, 3.8) is 0 Å². The highest BCUT2D eigenvalue weighted by molar-refractivity contribution is 5.66. The summed E-state index contributed by atoms with van der Waals surface area (Å²) in [6, 6.07) is 0. The van der Waals surface area contributed by atoms with Crippen LogP contribution in [0.5, 0.6) is 0 Å². The zero-order valence-electron chi connectivity index (χ0n) is 23.0. The second-order valence-electron chi connectivity index (χ2n) is 13.7. The van der Waals surface area contributed by atoms with Crippen LogP contribution in [0.3, 0.4) is 0 Å². The van der Waals surface area contributed by atoms with Crippen LogP contribution in [0.2, 0.25) is 0 Å². The minimum atomic E-state index is -1.59. The fraction of sp³-hybridized carbons (Fsp3) is 0.964. The summed E-state index contributed by atoms with van der Waals surface area (Å²) in [5, 5.41) is 63.4. The maximum absolute atomic E-state index is 12.4. The van der Waals surface area contributed by atoms with Gasteiger partial charge in [-0.2, -0.15) is 0 Å². The molecule has 0 amide bonds. The SMILES string of the molecule is CC(=O)O[C@H]1[C@](O)(CO[C@@H]2O[C@H](CO)[C@@H](O)[C@H](O)[C@H]2O)[C@@H]2CC[C@H]3[C@]4(C)CC[C@@H](O)C(C)(C)[C@H]4CC[C@@]31C2. The fourth-order valence-electron chi connectivity index (χ4n) is 9.79. The van der Waals surface area contributed by atoms with Crippen molar-refractivity contribution in [2.75, 3.05) is 13.2 Å². The summed E-state index contributed by atoms with van der Waals surface area (Å²) in [7, 11) is 0. The standard InChI is InChI=1S/C28H46O10/c1-14(30)37-24-27-10-7-17-25(2,3)19(31)8-9-26(17,4)18(27)6-5-15(11-27)28(24,35)13-36-23-22(34)21(33)20(32)16(12-29)38-23/h15-24,29,31-35H,5-13H2,1-4H3/t15-,16-,17-,18+,19-,20-,21+,22-,23-,24-,26-,27-,28+/m1/s1. The summed E-state index contributed by atoms with van der Waals surface area (Å²) in [5.74, 6) is -0.172. The Morgan fingerprint density at radius 1 is 0.947 bits per heavy atom. The zero-order valence-corrected chi connectivity index (χ0v) is 23.0. The highest BCUT2D eigenvalue weighted by atomic mass is 16.7. The lowest BCUT2D eigenvalue weighted by atomic mass is 9.40. The number of rotatable bonds is 5. The monoisotopic (exact) mass is 542 g/mol. The van der Waals surface area contributed by atoms with Crippen LogP contribution in [0, 0.1) is 34.0 Å². The van der Waals surface area contributed by atoms with Crippen molar-refractivity contribution in [1.82, 2.24) is 0 Å². The molecule has 1 saturated heterocycles. The minimum Gasteiger partial charge on any atom is -0.459 e. The van der Waals surface area contributed by atoms with Crippen molar-refractivity contribution in [2.24, 2.45) is 34.0 Å². The Labute approximate surface area is 224 Å². The Hall–Kier alpha value is -0.850. The third kappa shape index (κ3) is 4.01. The van der Waals surface area contributed by atoms with Gasteiger partial charge < -0.3 is 44.8 Å². The quantitative estimate of drug-likeness (QED) is 0.269. The van der Waals surface area contributed by atoms with Crippen LogP contribution >= 0.6 is 0 Å². The number of carbonyl (C=O) groups is 1. The molecule has 4 aliphatic carbocycles. The first kappa shape index (κ1) is 28.7. The lowest BCUT2D eigenvalue weighted by molar-refractivity contribution is -0.313. The van der Waals surface area contributed by atoms with E-state index in [4.69, 9.17) is 14.2 Å². The Balaban J connectivity index is 1.44. The van der Waals surface area contributed by atoms with Gasteiger partial charge in [0.2, 0.25) is 0 Å². The van der Waals surface area contributed by atoms with Crippen LogP contribution in [0.1, 0.15) is 72.6 Å². The van der Waals surface area contributed by atoms with Gasteiger partial charge in [-0.05, 0) is 73.5 Å². The number of fused-ring (bicyclic) bond motifs is 3. The van der Waals surface area contributed by atoms with Crippen molar-refractivity contribution in [3.05, 3.63) is 0 Å². The van der Waals surface area contributed by atoms with E-state index in [1.807, 2.05) is 0 Å². The third-order valence-corrected chi connectivity index (χ3v) is 11.6. The predicted octanol–water partition coefficient (Wildman–Crippen LogP) is 0.479. The molecule has 0 radical (unpaired) electrons. The first-order valence-corrected chi connectivity index (χ1v) is 14.2. The Bertz CT molecular complexity index is 910. The summed E-state index contributed by atoms with van der Waals surface area (Å²) >= 11 is 0.